The third-order valence-electron chi connectivity index (χ3n) is 4.09. The number of rotatable bonds is 8. The fourth-order valence-corrected chi connectivity index (χ4v) is 5.00. The van der Waals surface area contributed by atoms with Gasteiger partial charge < -0.3 is 19.5 Å². The molecule has 3 rings (SSSR count). The average molecular weight is 421 g/mol. The number of hydrogen-bond acceptors (Lipinski definition) is 12. The van der Waals surface area contributed by atoms with Crippen molar-refractivity contribution in [2.45, 2.75) is 35.2 Å². The van der Waals surface area contributed by atoms with Crippen LogP contribution in [0, 0.1) is 5.92 Å². The predicted octanol–water partition coefficient (Wildman–Crippen LogP) is -1.58. The molecule has 11 nitrogen and oxygen atoms in total. The quantitative estimate of drug-likeness (QED) is 0.111. The van der Waals surface area contributed by atoms with E-state index in [1.807, 2.05) is 0 Å². The van der Waals surface area contributed by atoms with Gasteiger partial charge in [-0.15, -0.1) is 0 Å². The molecule has 0 aromatic heterocycles. The zero-order valence-corrected chi connectivity index (χ0v) is 14.2. The van der Waals surface area contributed by atoms with Crippen molar-refractivity contribution in [2.75, 3.05) is 13.2 Å². The lowest BCUT2D eigenvalue weighted by Gasteiger charge is -2.20. The molecule has 3 saturated heterocycles. The normalized spacial score (nSPS) is 34.0. The molecule has 0 saturated carbocycles. The van der Waals surface area contributed by atoms with E-state index < -0.39 is 82.0 Å². The number of halogens is 2. The zero-order chi connectivity index (χ0) is 19.1. The molecular formula is C11H11F2O11S2-. The molecule has 3 aliphatic heterocycles. The monoisotopic (exact) mass is 421 g/mol. The van der Waals surface area contributed by atoms with Crippen LogP contribution < -0.4 is 5.26 Å². The second-order valence-corrected chi connectivity index (χ2v) is 8.13. The Morgan fingerprint density at radius 1 is 1.23 bits per heavy atom. The summed E-state index contributed by atoms with van der Waals surface area (Å²) in [7, 11) is -3.79. The van der Waals surface area contributed by atoms with E-state index in [0.29, 0.717) is 0 Å². The maximum atomic E-state index is 13.1. The van der Waals surface area contributed by atoms with E-state index in [1.165, 1.54) is 0 Å². The molecule has 5 atom stereocenters. The number of carbonyl (C=O) groups is 2. The topological polar surface area (TPSA) is 147 Å². The van der Waals surface area contributed by atoms with Gasteiger partial charge in [-0.3, -0.25) is 14.0 Å². The first-order valence-electron chi connectivity index (χ1n) is 7.11. The Hall–Kier alpha value is -1.10. The lowest BCUT2D eigenvalue weighted by Crippen LogP contribution is -2.40. The fraction of sp³-hybridized carbons (Fsp3) is 0.818. The van der Waals surface area contributed by atoms with Crippen molar-refractivity contribution in [1.29, 1.82) is 0 Å². The lowest BCUT2D eigenvalue weighted by molar-refractivity contribution is -0.777. The maximum absolute atomic E-state index is 13.1. The van der Waals surface area contributed by atoms with Crippen molar-refractivity contribution < 1.29 is 59.8 Å². The van der Waals surface area contributed by atoms with E-state index in [-0.39, 0.29) is 6.42 Å². The van der Waals surface area contributed by atoms with Crippen molar-refractivity contribution in [3.63, 3.8) is 0 Å². The van der Waals surface area contributed by atoms with Crippen LogP contribution >= 0.6 is 12.0 Å². The van der Waals surface area contributed by atoms with Crippen molar-refractivity contribution in [2.24, 2.45) is 5.92 Å². The second-order valence-electron chi connectivity index (χ2n) is 5.53. The molecule has 15 heteroatoms. The molecule has 2 bridgehead atoms. The molecule has 3 heterocycles. The van der Waals surface area contributed by atoms with Crippen LogP contribution in [0.15, 0.2) is 0 Å². The molecule has 0 amide bonds. The number of fused-ring (bicyclic) bond motifs is 1. The summed E-state index contributed by atoms with van der Waals surface area (Å²) in [5.74, 6) is -3.85. The molecule has 0 aromatic carbocycles. The Bertz CT molecular complexity index is 684. The van der Waals surface area contributed by atoms with Crippen LogP contribution in [0.3, 0.4) is 0 Å². The number of ether oxygens (including phenoxy) is 3. The molecule has 148 valence electrons. The van der Waals surface area contributed by atoms with Crippen LogP contribution in [-0.4, -0.2) is 62.4 Å². The minimum absolute atomic E-state index is 0.101. The van der Waals surface area contributed by atoms with Crippen LogP contribution in [0.25, 0.3) is 0 Å². The van der Waals surface area contributed by atoms with E-state index >= 15 is 0 Å². The van der Waals surface area contributed by atoms with Gasteiger partial charge in [0, 0.05) is 0 Å². The Kier molecular flexibility index (Phi) is 5.40. The first-order valence-corrected chi connectivity index (χ1v) is 9.32. The van der Waals surface area contributed by atoms with Crippen molar-refractivity contribution in [3.05, 3.63) is 0 Å². The minimum atomic E-state index is -4.20. The maximum Gasteiger partial charge on any atom is 0.415 e. The molecule has 0 aromatic rings. The molecular weight excluding hydrogens is 410 g/mol. The van der Waals surface area contributed by atoms with Crippen LogP contribution in [-0.2, 0) is 47.5 Å². The largest absolute Gasteiger partial charge is 0.691 e. The van der Waals surface area contributed by atoms with Crippen molar-refractivity contribution in [1.82, 2.24) is 0 Å². The van der Waals surface area contributed by atoms with E-state index in [2.05, 4.69) is 14.1 Å². The third kappa shape index (κ3) is 3.51. The van der Waals surface area contributed by atoms with Crippen molar-refractivity contribution >= 4 is 34.1 Å². The average Bonchev–Trinajstić information content (AvgIpc) is 3.18. The van der Waals surface area contributed by atoms with Crippen LogP contribution in [0.5, 0.6) is 0 Å². The summed E-state index contributed by atoms with van der Waals surface area (Å²) in [5.41, 5.74) is 0. The highest BCUT2D eigenvalue weighted by Gasteiger charge is 2.67. The summed E-state index contributed by atoms with van der Waals surface area (Å²) in [4.78, 5) is 23.1. The Morgan fingerprint density at radius 2 is 1.92 bits per heavy atom. The van der Waals surface area contributed by atoms with Gasteiger partial charge >= 0.3 is 17.2 Å². The van der Waals surface area contributed by atoms with Gasteiger partial charge in [-0.25, -0.2) is 4.79 Å². The summed E-state index contributed by atoms with van der Waals surface area (Å²) >= 11 is -0.853. The minimum Gasteiger partial charge on any atom is -0.691 e. The van der Waals surface area contributed by atoms with Crippen LogP contribution in [0.2, 0.25) is 0 Å². The second kappa shape index (κ2) is 7.14. The SMILES string of the molecule is O=C(OCCOC(=O)C(F)(F)SOO[O-])C1C2CC3C(O2)C1OS3(=O)=O. The number of carbonyl (C=O) groups excluding carboxylic acids is 2. The number of hydrogen-bond donors (Lipinski definition) is 0. The molecule has 0 radical (unpaired) electrons. The lowest BCUT2D eigenvalue weighted by atomic mass is 9.86. The molecule has 0 N–H and O–H groups in total. The number of alkyl halides is 2. The van der Waals surface area contributed by atoms with Gasteiger partial charge in [0.05, 0.1) is 6.10 Å². The molecule has 0 spiro atoms. The summed E-state index contributed by atoms with van der Waals surface area (Å²) in [6.07, 6.45) is -2.29. The Balaban J connectivity index is 1.44. The standard InChI is InChI=1S/C11H12F2O11S2/c12-11(13,25-24-23-16)10(15)20-2-1-19-9(14)6-4-3-5-7(21-4)8(6)22-26(5,17)18/h4-8,16H,1-3H2/p-1. The third-order valence-corrected chi connectivity index (χ3v) is 6.29. The highest BCUT2D eigenvalue weighted by atomic mass is 32.2. The zero-order valence-electron chi connectivity index (χ0n) is 12.6. The number of esters is 2. The van der Waals surface area contributed by atoms with Gasteiger partial charge in [-0.2, -0.15) is 21.5 Å². The van der Waals surface area contributed by atoms with Crippen LogP contribution in [0.4, 0.5) is 8.78 Å². The smallest absolute Gasteiger partial charge is 0.415 e. The summed E-state index contributed by atoms with van der Waals surface area (Å²) < 4.78 is 72.2. The molecule has 0 aliphatic carbocycles. The molecule has 5 unspecified atom stereocenters. The van der Waals surface area contributed by atoms with E-state index in [4.69, 9.17) is 13.7 Å². The highest BCUT2D eigenvalue weighted by molar-refractivity contribution is 7.96. The fourth-order valence-electron chi connectivity index (χ4n) is 3.10. The van der Waals surface area contributed by atoms with Gasteiger partial charge in [0.1, 0.15) is 48.6 Å². The predicted molar refractivity (Wildman–Crippen MR) is 71.0 cm³/mol. The first-order chi connectivity index (χ1) is 12.2. The summed E-state index contributed by atoms with van der Waals surface area (Å²) in [6, 6.07) is 0. The molecule has 26 heavy (non-hydrogen) atoms. The van der Waals surface area contributed by atoms with Gasteiger partial charge in [-0.1, -0.05) is 0 Å². The van der Waals surface area contributed by atoms with Gasteiger partial charge in [0.2, 0.25) is 0 Å². The van der Waals surface area contributed by atoms with E-state index in [0.717, 1.165) is 0 Å². The van der Waals surface area contributed by atoms with Gasteiger partial charge in [-0.05, 0) is 6.42 Å². The Morgan fingerprint density at radius 3 is 2.62 bits per heavy atom. The van der Waals surface area contributed by atoms with Crippen LogP contribution in [0.1, 0.15) is 6.42 Å². The molecule has 3 aliphatic rings. The summed E-state index contributed by atoms with van der Waals surface area (Å²) in [5, 5.41) is 7.16. The highest BCUT2D eigenvalue weighted by Crippen LogP contribution is 2.50. The summed E-state index contributed by atoms with van der Waals surface area (Å²) in [6.45, 7) is -1.26. The Labute approximate surface area is 149 Å². The molecule has 3 fully saturated rings. The van der Waals surface area contributed by atoms with E-state index in [9.17, 15) is 32.0 Å². The van der Waals surface area contributed by atoms with Gasteiger partial charge in [0.25, 0.3) is 10.1 Å². The van der Waals surface area contributed by atoms with Gasteiger partial charge in [0.15, 0.2) is 0 Å². The first kappa shape index (κ1) is 19.7. The van der Waals surface area contributed by atoms with Crippen molar-refractivity contribution in [3.8, 4) is 0 Å². The van der Waals surface area contributed by atoms with E-state index in [1.54, 1.807) is 0 Å².